The normalized spacial score (nSPS) is 20.3. The lowest BCUT2D eigenvalue weighted by Crippen LogP contribution is -2.42. The first kappa shape index (κ1) is 19.2. The van der Waals surface area contributed by atoms with Crippen LogP contribution in [0.5, 0.6) is 0 Å². The highest BCUT2D eigenvalue weighted by atomic mass is 32.1. The number of esters is 1. The van der Waals surface area contributed by atoms with E-state index in [-0.39, 0.29) is 6.61 Å². The van der Waals surface area contributed by atoms with Crippen molar-refractivity contribution in [2.24, 2.45) is 11.8 Å². The van der Waals surface area contributed by atoms with Crippen molar-refractivity contribution < 1.29 is 24.2 Å². The first-order valence-corrected chi connectivity index (χ1v) is 9.00. The predicted octanol–water partition coefficient (Wildman–Crippen LogP) is 2.28. The highest BCUT2D eigenvalue weighted by molar-refractivity contribution is 7.16. The maximum Gasteiger partial charge on any atom is 0.341 e. The lowest BCUT2D eigenvalue weighted by Gasteiger charge is -2.32. The second kappa shape index (κ2) is 7.82. The third-order valence-electron chi connectivity index (χ3n) is 4.49. The fourth-order valence-electron chi connectivity index (χ4n) is 2.99. The fourth-order valence-corrected chi connectivity index (χ4v) is 3.89. The van der Waals surface area contributed by atoms with Crippen LogP contribution >= 0.6 is 11.3 Å². The van der Waals surface area contributed by atoms with Crippen LogP contribution in [0.4, 0.5) is 5.00 Å². The Morgan fingerprint density at radius 1 is 1.20 bits per heavy atom. The molecular formula is C18H22NO5S-. The number of aryl methyl sites for hydroxylation is 1. The number of carbonyl (C=O) groups is 3. The summed E-state index contributed by atoms with van der Waals surface area (Å²) in [6.45, 7) is 7.55. The van der Waals surface area contributed by atoms with Crippen molar-refractivity contribution in [2.45, 2.75) is 40.5 Å². The van der Waals surface area contributed by atoms with Crippen LogP contribution in [0.15, 0.2) is 17.2 Å². The van der Waals surface area contributed by atoms with Gasteiger partial charge in [-0.25, -0.2) is 4.79 Å². The van der Waals surface area contributed by atoms with Crippen molar-refractivity contribution in [1.29, 1.82) is 0 Å². The van der Waals surface area contributed by atoms with Gasteiger partial charge in [0.1, 0.15) is 5.00 Å². The average molecular weight is 364 g/mol. The van der Waals surface area contributed by atoms with E-state index in [1.54, 1.807) is 13.0 Å². The van der Waals surface area contributed by atoms with Crippen LogP contribution in [-0.4, -0.2) is 24.5 Å². The van der Waals surface area contributed by atoms with Gasteiger partial charge >= 0.3 is 5.97 Å². The molecule has 1 aromatic heterocycles. The van der Waals surface area contributed by atoms with Gasteiger partial charge in [0.15, 0.2) is 0 Å². The number of thiophene rings is 1. The lowest BCUT2D eigenvalue weighted by molar-refractivity contribution is -0.313. The van der Waals surface area contributed by atoms with Crippen LogP contribution in [0.2, 0.25) is 0 Å². The summed E-state index contributed by atoms with van der Waals surface area (Å²) in [7, 11) is 0. The summed E-state index contributed by atoms with van der Waals surface area (Å²) in [5, 5.41) is 14.6. The lowest BCUT2D eigenvalue weighted by atomic mass is 9.76. The van der Waals surface area contributed by atoms with Crippen molar-refractivity contribution in [2.75, 3.05) is 11.9 Å². The molecule has 1 aliphatic rings. The summed E-state index contributed by atoms with van der Waals surface area (Å²) >= 11 is 1.26. The number of carboxylic acids is 1. The molecule has 1 aromatic rings. The summed E-state index contributed by atoms with van der Waals surface area (Å²) in [4.78, 5) is 37.0. The molecule has 6 nitrogen and oxygen atoms in total. The Bertz CT molecular complexity index is 734. The van der Waals surface area contributed by atoms with Crippen molar-refractivity contribution in [3.63, 3.8) is 0 Å². The van der Waals surface area contributed by atoms with E-state index in [0.717, 1.165) is 16.0 Å². The number of ether oxygens (including phenoxy) is 1. The van der Waals surface area contributed by atoms with Crippen LogP contribution in [0.1, 0.15) is 48.8 Å². The van der Waals surface area contributed by atoms with Crippen LogP contribution < -0.4 is 10.4 Å². The number of hydrogen-bond donors (Lipinski definition) is 1. The van der Waals surface area contributed by atoms with Gasteiger partial charge in [0.05, 0.1) is 18.1 Å². The minimum Gasteiger partial charge on any atom is -0.550 e. The van der Waals surface area contributed by atoms with E-state index in [2.05, 4.69) is 5.32 Å². The van der Waals surface area contributed by atoms with Crippen molar-refractivity contribution in [3.8, 4) is 0 Å². The molecule has 0 spiro atoms. The molecule has 0 unspecified atom stereocenters. The van der Waals surface area contributed by atoms with E-state index in [1.165, 1.54) is 11.3 Å². The number of allylic oxidation sites excluding steroid dienone is 2. The van der Waals surface area contributed by atoms with Gasteiger partial charge in [-0.05, 0) is 46.6 Å². The Morgan fingerprint density at radius 3 is 2.36 bits per heavy atom. The quantitative estimate of drug-likeness (QED) is 0.639. The van der Waals surface area contributed by atoms with Crippen molar-refractivity contribution >= 4 is 34.2 Å². The molecule has 0 bridgehead atoms. The molecule has 0 radical (unpaired) electrons. The smallest absolute Gasteiger partial charge is 0.341 e. The number of aliphatic carboxylic acids is 1. The van der Waals surface area contributed by atoms with Gasteiger partial charge < -0.3 is 20.0 Å². The van der Waals surface area contributed by atoms with Crippen LogP contribution in [-0.2, 0) is 14.3 Å². The second-order valence-corrected chi connectivity index (χ2v) is 7.57. The first-order chi connectivity index (χ1) is 11.7. The molecule has 1 aliphatic carbocycles. The zero-order chi connectivity index (χ0) is 18.7. The molecule has 25 heavy (non-hydrogen) atoms. The Balaban J connectivity index is 2.24. The molecule has 0 aliphatic heterocycles. The monoisotopic (exact) mass is 364 g/mol. The summed E-state index contributed by atoms with van der Waals surface area (Å²) in [5.74, 6) is -3.72. The fraction of sp³-hybridized carbons (Fsp3) is 0.500. The standard InChI is InChI=1S/C18H23NO5S/c1-5-24-18(23)14-8-11(4)25-16(14)19-15(20)12-6-9(2)10(3)7-13(12)17(21)22/h8,12-13H,5-7H2,1-4H3,(H,19,20)(H,21,22)/p-1/t12-,13+/m1/s1. The molecule has 0 aromatic carbocycles. The van der Waals surface area contributed by atoms with Crippen molar-refractivity contribution in [1.82, 2.24) is 0 Å². The number of anilines is 1. The first-order valence-electron chi connectivity index (χ1n) is 8.19. The van der Waals surface area contributed by atoms with E-state index in [1.807, 2.05) is 20.8 Å². The molecule has 136 valence electrons. The highest BCUT2D eigenvalue weighted by Gasteiger charge is 2.34. The summed E-state index contributed by atoms with van der Waals surface area (Å²) in [5.41, 5.74) is 2.30. The Hall–Kier alpha value is -2.15. The summed E-state index contributed by atoms with van der Waals surface area (Å²) in [6, 6.07) is 1.66. The molecule has 0 fully saturated rings. The van der Waals surface area contributed by atoms with Gasteiger partial charge in [0.2, 0.25) is 5.91 Å². The van der Waals surface area contributed by atoms with Gasteiger partial charge in [-0.3, -0.25) is 4.79 Å². The second-order valence-electron chi connectivity index (χ2n) is 6.31. The van der Waals surface area contributed by atoms with Crippen LogP contribution in [0.25, 0.3) is 0 Å². The number of amides is 1. The number of carboxylic acid groups (broad SMARTS) is 1. The molecule has 2 atom stereocenters. The van der Waals surface area contributed by atoms with E-state index < -0.39 is 29.7 Å². The number of hydrogen-bond acceptors (Lipinski definition) is 6. The molecular weight excluding hydrogens is 342 g/mol. The Morgan fingerprint density at radius 2 is 1.80 bits per heavy atom. The third kappa shape index (κ3) is 4.28. The van der Waals surface area contributed by atoms with Gasteiger partial charge in [-0.2, -0.15) is 0 Å². The molecule has 1 N–H and O–H groups in total. The van der Waals surface area contributed by atoms with Crippen molar-refractivity contribution in [3.05, 3.63) is 27.7 Å². The topological polar surface area (TPSA) is 95.5 Å². The SMILES string of the molecule is CCOC(=O)c1cc(C)sc1NC(=O)[C@@H]1CC(C)=C(C)C[C@@H]1C(=O)[O-]. The van der Waals surface area contributed by atoms with E-state index in [4.69, 9.17) is 4.74 Å². The summed E-state index contributed by atoms with van der Waals surface area (Å²) in [6.07, 6.45) is 0.676. The Labute approximate surface area is 150 Å². The minimum atomic E-state index is -1.22. The van der Waals surface area contributed by atoms with E-state index >= 15 is 0 Å². The predicted molar refractivity (Wildman–Crippen MR) is 93.2 cm³/mol. The van der Waals surface area contributed by atoms with E-state index in [9.17, 15) is 19.5 Å². The molecule has 1 amide bonds. The van der Waals surface area contributed by atoms with Gasteiger partial charge in [0.25, 0.3) is 0 Å². The van der Waals surface area contributed by atoms with Gasteiger partial charge in [-0.15, -0.1) is 11.3 Å². The largest absolute Gasteiger partial charge is 0.550 e. The highest BCUT2D eigenvalue weighted by Crippen LogP contribution is 2.36. The molecule has 0 saturated heterocycles. The zero-order valence-electron chi connectivity index (χ0n) is 14.8. The Kier molecular flexibility index (Phi) is 6.00. The molecule has 2 rings (SSSR count). The van der Waals surface area contributed by atoms with Gasteiger partial charge in [-0.1, -0.05) is 11.1 Å². The van der Waals surface area contributed by atoms with Gasteiger partial charge in [0, 0.05) is 16.8 Å². The average Bonchev–Trinajstić information content (AvgIpc) is 2.90. The van der Waals surface area contributed by atoms with Crippen LogP contribution in [0.3, 0.4) is 0 Å². The molecule has 0 saturated carbocycles. The minimum absolute atomic E-state index is 0.236. The zero-order valence-corrected chi connectivity index (χ0v) is 15.6. The summed E-state index contributed by atoms with van der Waals surface area (Å²) < 4.78 is 5.00. The molecule has 1 heterocycles. The third-order valence-corrected chi connectivity index (χ3v) is 5.46. The van der Waals surface area contributed by atoms with Crippen LogP contribution in [0, 0.1) is 18.8 Å². The number of rotatable bonds is 5. The maximum absolute atomic E-state index is 12.7. The molecule has 7 heteroatoms. The van der Waals surface area contributed by atoms with E-state index in [0.29, 0.717) is 23.4 Å². The maximum atomic E-state index is 12.7. The number of nitrogens with one attached hydrogen (secondary N) is 1. The number of carbonyl (C=O) groups excluding carboxylic acids is 3.